The number of amides is 2. The maximum atomic E-state index is 13.4. The molecule has 0 atom stereocenters. The number of carbonyl (C=O) groups excluding carboxylic acids is 2. The van der Waals surface area contributed by atoms with Gasteiger partial charge in [0, 0.05) is 6.54 Å². The van der Waals surface area contributed by atoms with Crippen molar-refractivity contribution in [1.82, 2.24) is 10.6 Å². The Hall–Kier alpha value is -2.96. The first-order valence-corrected chi connectivity index (χ1v) is 7.13. The van der Waals surface area contributed by atoms with Crippen LogP contribution in [0.4, 0.5) is 8.78 Å². The predicted molar refractivity (Wildman–Crippen MR) is 83.5 cm³/mol. The normalized spacial score (nSPS) is 10.1. The van der Waals surface area contributed by atoms with Crippen molar-refractivity contribution in [2.45, 2.75) is 6.54 Å². The summed E-state index contributed by atoms with van der Waals surface area (Å²) in [5.74, 6) is -2.72. The van der Waals surface area contributed by atoms with Crippen LogP contribution in [0.2, 0.25) is 0 Å². The molecule has 2 aromatic rings. The molecule has 0 aliphatic carbocycles. The third-order valence-electron chi connectivity index (χ3n) is 3.25. The molecule has 7 heteroatoms. The average molecular weight is 334 g/mol. The summed E-state index contributed by atoms with van der Waals surface area (Å²) in [5.41, 5.74) is 0.135. The molecule has 0 aromatic heterocycles. The average Bonchev–Trinajstić information content (AvgIpc) is 2.58. The molecule has 2 aromatic carbocycles. The van der Waals surface area contributed by atoms with Gasteiger partial charge in [-0.05, 0) is 29.8 Å². The van der Waals surface area contributed by atoms with Gasteiger partial charge in [0.2, 0.25) is 5.91 Å². The van der Waals surface area contributed by atoms with Crippen LogP contribution in [0, 0.1) is 11.6 Å². The van der Waals surface area contributed by atoms with E-state index in [-0.39, 0.29) is 13.1 Å². The summed E-state index contributed by atoms with van der Waals surface area (Å²) in [4.78, 5) is 23.5. The molecule has 0 bridgehead atoms. The maximum Gasteiger partial charge on any atom is 0.257 e. The van der Waals surface area contributed by atoms with Crippen LogP contribution in [0.5, 0.6) is 5.75 Å². The van der Waals surface area contributed by atoms with Crippen LogP contribution in [0.1, 0.15) is 15.9 Å². The second-order valence-electron chi connectivity index (χ2n) is 4.90. The smallest absolute Gasteiger partial charge is 0.257 e. The van der Waals surface area contributed by atoms with Crippen molar-refractivity contribution in [2.75, 3.05) is 13.7 Å². The first-order chi connectivity index (χ1) is 11.5. The van der Waals surface area contributed by atoms with Crippen molar-refractivity contribution in [3.8, 4) is 5.75 Å². The number of ether oxygens (including phenoxy) is 1. The van der Waals surface area contributed by atoms with Crippen molar-refractivity contribution in [3.63, 3.8) is 0 Å². The number of benzene rings is 2. The van der Waals surface area contributed by atoms with Crippen LogP contribution in [0.25, 0.3) is 0 Å². The predicted octanol–water partition coefficient (Wildman–Crippen LogP) is 2.02. The minimum absolute atomic E-state index is 0.257. The molecule has 0 aliphatic heterocycles. The molecule has 2 amide bonds. The highest BCUT2D eigenvalue weighted by Crippen LogP contribution is 2.12. The van der Waals surface area contributed by atoms with Crippen LogP contribution >= 0.6 is 0 Å². The van der Waals surface area contributed by atoms with E-state index in [0.717, 1.165) is 23.8 Å². The molecular formula is C17H16F2N2O3. The third kappa shape index (κ3) is 4.52. The van der Waals surface area contributed by atoms with E-state index in [4.69, 9.17) is 4.74 Å². The Morgan fingerprint density at radius 2 is 1.62 bits per heavy atom. The van der Waals surface area contributed by atoms with Gasteiger partial charge in [-0.1, -0.05) is 18.2 Å². The van der Waals surface area contributed by atoms with Gasteiger partial charge in [-0.15, -0.1) is 0 Å². The summed E-state index contributed by atoms with van der Waals surface area (Å²) in [5, 5.41) is 4.77. The lowest BCUT2D eigenvalue weighted by molar-refractivity contribution is -0.120. The number of halogens is 2. The van der Waals surface area contributed by atoms with Crippen molar-refractivity contribution in [1.29, 1.82) is 0 Å². The summed E-state index contributed by atoms with van der Waals surface area (Å²) in [6.45, 7) is -0.129. The van der Waals surface area contributed by atoms with Crippen LogP contribution in [-0.4, -0.2) is 25.5 Å². The zero-order chi connectivity index (χ0) is 17.5. The summed E-state index contributed by atoms with van der Waals surface area (Å²) in [6, 6.07) is 10.2. The number of hydrogen-bond donors (Lipinski definition) is 2. The standard InChI is InChI=1S/C17H16F2N2O3/c1-24-12-7-5-11(6-8-12)9-20-15(22)10-21-17(23)16-13(18)3-2-4-14(16)19/h2-8H,9-10H2,1H3,(H,20,22)(H,21,23). The van der Waals surface area contributed by atoms with E-state index in [0.29, 0.717) is 5.75 Å². The van der Waals surface area contributed by atoms with Crippen molar-refractivity contribution in [2.24, 2.45) is 0 Å². The molecule has 0 fully saturated rings. The Balaban J connectivity index is 1.83. The van der Waals surface area contributed by atoms with Crippen LogP contribution < -0.4 is 15.4 Å². The zero-order valence-corrected chi connectivity index (χ0v) is 12.9. The Bertz CT molecular complexity index is 713. The molecule has 0 saturated heterocycles. The number of rotatable bonds is 6. The van der Waals surface area contributed by atoms with Crippen molar-refractivity contribution in [3.05, 3.63) is 65.2 Å². The van der Waals surface area contributed by atoms with Crippen molar-refractivity contribution >= 4 is 11.8 Å². The van der Waals surface area contributed by atoms with Gasteiger partial charge in [0.05, 0.1) is 13.7 Å². The summed E-state index contributed by atoms with van der Waals surface area (Å²) in [7, 11) is 1.55. The van der Waals surface area contributed by atoms with Gasteiger partial charge in [-0.2, -0.15) is 0 Å². The zero-order valence-electron chi connectivity index (χ0n) is 12.9. The fourth-order valence-corrected chi connectivity index (χ4v) is 1.97. The quantitative estimate of drug-likeness (QED) is 0.849. The first-order valence-electron chi connectivity index (χ1n) is 7.13. The van der Waals surface area contributed by atoms with Gasteiger partial charge < -0.3 is 15.4 Å². The lowest BCUT2D eigenvalue weighted by atomic mass is 10.2. The van der Waals surface area contributed by atoms with E-state index in [1.807, 2.05) is 0 Å². The monoisotopic (exact) mass is 334 g/mol. The Kier molecular flexibility index (Phi) is 5.83. The van der Waals surface area contributed by atoms with E-state index < -0.39 is 29.0 Å². The lowest BCUT2D eigenvalue weighted by Crippen LogP contribution is -2.37. The third-order valence-corrected chi connectivity index (χ3v) is 3.25. The molecule has 0 saturated carbocycles. The molecule has 0 spiro atoms. The highest BCUT2D eigenvalue weighted by molar-refractivity contribution is 5.96. The molecule has 5 nitrogen and oxygen atoms in total. The number of methoxy groups -OCH3 is 1. The van der Waals surface area contributed by atoms with E-state index >= 15 is 0 Å². The molecule has 0 radical (unpaired) electrons. The molecule has 2 rings (SSSR count). The van der Waals surface area contributed by atoms with E-state index in [1.54, 1.807) is 31.4 Å². The van der Waals surface area contributed by atoms with Gasteiger partial charge in [0.25, 0.3) is 5.91 Å². The summed E-state index contributed by atoms with van der Waals surface area (Å²) in [6.07, 6.45) is 0. The lowest BCUT2D eigenvalue weighted by Gasteiger charge is -2.08. The van der Waals surface area contributed by atoms with Crippen LogP contribution in [-0.2, 0) is 11.3 Å². The second-order valence-corrected chi connectivity index (χ2v) is 4.90. The fourth-order valence-electron chi connectivity index (χ4n) is 1.97. The second kappa shape index (κ2) is 8.05. The number of nitrogens with one attached hydrogen (secondary N) is 2. The van der Waals surface area contributed by atoms with Crippen molar-refractivity contribution < 1.29 is 23.1 Å². The van der Waals surface area contributed by atoms with Crippen LogP contribution in [0.15, 0.2) is 42.5 Å². The maximum absolute atomic E-state index is 13.4. The SMILES string of the molecule is COc1ccc(CNC(=O)CNC(=O)c2c(F)cccc2F)cc1. The van der Waals surface area contributed by atoms with Gasteiger partial charge in [-0.25, -0.2) is 8.78 Å². The largest absolute Gasteiger partial charge is 0.497 e. The Morgan fingerprint density at radius 3 is 2.21 bits per heavy atom. The molecular weight excluding hydrogens is 318 g/mol. The van der Waals surface area contributed by atoms with Gasteiger partial charge >= 0.3 is 0 Å². The van der Waals surface area contributed by atoms with E-state index in [2.05, 4.69) is 10.6 Å². The molecule has 0 unspecified atom stereocenters. The van der Waals surface area contributed by atoms with E-state index in [1.165, 1.54) is 0 Å². The highest BCUT2D eigenvalue weighted by Gasteiger charge is 2.17. The molecule has 126 valence electrons. The Labute approximate surface area is 137 Å². The summed E-state index contributed by atoms with van der Waals surface area (Å²) < 4.78 is 31.9. The Morgan fingerprint density at radius 1 is 1.00 bits per heavy atom. The topological polar surface area (TPSA) is 67.4 Å². The molecule has 0 heterocycles. The number of hydrogen-bond acceptors (Lipinski definition) is 3. The minimum Gasteiger partial charge on any atom is -0.497 e. The minimum atomic E-state index is -0.981. The first kappa shape index (κ1) is 17.4. The highest BCUT2D eigenvalue weighted by atomic mass is 19.1. The van der Waals surface area contributed by atoms with Gasteiger partial charge in [-0.3, -0.25) is 9.59 Å². The van der Waals surface area contributed by atoms with E-state index in [9.17, 15) is 18.4 Å². The molecule has 24 heavy (non-hydrogen) atoms. The molecule has 0 aliphatic rings. The van der Waals surface area contributed by atoms with Gasteiger partial charge in [0.15, 0.2) is 0 Å². The van der Waals surface area contributed by atoms with Crippen LogP contribution in [0.3, 0.4) is 0 Å². The van der Waals surface area contributed by atoms with Gasteiger partial charge in [0.1, 0.15) is 22.9 Å². The summed E-state index contributed by atoms with van der Waals surface area (Å²) >= 11 is 0. The fraction of sp³-hybridized carbons (Fsp3) is 0.176. The number of carbonyl (C=O) groups is 2. The molecule has 2 N–H and O–H groups in total.